The van der Waals surface area contributed by atoms with Crippen LogP contribution in [0.2, 0.25) is 0 Å². The van der Waals surface area contributed by atoms with Crippen molar-refractivity contribution in [3.05, 3.63) is 45.9 Å². The second kappa shape index (κ2) is 8.13. The number of thiazole rings is 1. The summed E-state index contributed by atoms with van der Waals surface area (Å²) in [5.41, 5.74) is 2.32. The van der Waals surface area contributed by atoms with Crippen LogP contribution in [-0.2, 0) is 12.4 Å². The van der Waals surface area contributed by atoms with Crippen molar-refractivity contribution in [1.29, 1.82) is 0 Å². The molecule has 1 aliphatic rings. The molecule has 0 atom stereocenters. The van der Waals surface area contributed by atoms with Crippen LogP contribution < -0.4 is 4.74 Å². The fraction of sp³-hybridized carbons (Fsp3) is 0.412. The highest BCUT2D eigenvalue weighted by atomic mass is 32.2. The van der Waals surface area contributed by atoms with Gasteiger partial charge in [-0.25, -0.2) is 4.98 Å². The Balaban J connectivity index is 1.46. The van der Waals surface area contributed by atoms with Crippen molar-refractivity contribution < 1.29 is 4.74 Å². The van der Waals surface area contributed by atoms with Crippen molar-refractivity contribution in [3.63, 3.8) is 0 Å². The van der Waals surface area contributed by atoms with Crippen LogP contribution >= 0.6 is 35.3 Å². The van der Waals surface area contributed by atoms with Crippen LogP contribution in [0.25, 0.3) is 0 Å². The molecule has 1 aromatic heterocycles. The molecule has 0 aliphatic carbocycles. The molecular weight excluding hydrogens is 344 g/mol. The zero-order chi connectivity index (χ0) is 16.1. The van der Waals surface area contributed by atoms with E-state index < -0.39 is 0 Å². The number of thioether (sulfide) groups is 1. The molecule has 1 aliphatic heterocycles. The Morgan fingerprint density at radius 3 is 2.78 bits per heavy atom. The molecule has 0 unspecified atom stereocenters. The molecule has 2 heterocycles. The number of aromatic nitrogens is 1. The first-order valence-corrected chi connectivity index (χ1v) is 10.0. The van der Waals surface area contributed by atoms with Gasteiger partial charge in [0, 0.05) is 24.2 Å². The Kier molecular flexibility index (Phi) is 5.91. The minimum atomic E-state index is 0.523. The van der Waals surface area contributed by atoms with E-state index in [0.29, 0.717) is 6.61 Å². The third kappa shape index (κ3) is 4.93. The third-order valence-electron chi connectivity index (χ3n) is 3.69. The molecule has 6 heteroatoms. The number of hydrogen-bond acceptors (Lipinski definition) is 5. The monoisotopic (exact) mass is 364 g/mol. The molecule has 0 N–H and O–H groups in total. The number of benzene rings is 1. The number of likely N-dealkylation sites (tertiary alicyclic amines) is 1. The van der Waals surface area contributed by atoms with Crippen molar-refractivity contribution in [2.75, 3.05) is 13.1 Å². The van der Waals surface area contributed by atoms with Gasteiger partial charge in [-0.3, -0.25) is 0 Å². The second-order valence-corrected chi connectivity index (χ2v) is 8.13. The minimum Gasteiger partial charge on any atom is -0.486 e. The maximum Gasteiger partial charge on any atom is 0.140 e. The molecule has 0 saturated carbocycles. The maximum atomic E-state index is 5.77. The lowest BCUT2D eigenvalue weighted by atomic mass is 10.2. The van der Waals surface area contributed by atoms with E-state index in [1.807, 2.05) is 12.1 Å². The van der Waals surface area contributed by atoms with Crippen molar-refractivity contribution in [2.45, 2.75) is 32.1 Å². The van der Waals surface area contributed by atoms with Crippen molar-refractivity contribution in [3.8, 4) is 5.75 Å². The van der Waals surface area contributed by atoms with Gasteiger partial charge in [-0.05, 0) is 31.9 Å². The number of rotatable bonds is 5. The van der Waals surface area contributed by atoms with E-state index in [4.69, 9.17) is 17.0 Å². The Hall–Kier alpha value is -1.11. The quantitative estimate of drug-likeness (QED) is 0.720. The normalized spacial score (nSPS) is 14.2. The Morgan fingerprint density at radius 1 is 1.30 bits per heavy atom. The van der Waals surface area contributed by atoms with Crippen LogP contribution in [0.4, 0.5) is 0 Å². The van der Waals surface area contributed by atoms with Gasteiger partial charge in [-0.2, -0.15) is 0 Å². The molecular formula is C17H20N2OS3. The Labute approximate surface area is 151 Å². The second-order valence-electron chi connectivity index (χ2n) is 5.58. The van der Waals surface area contributed by atoms with Crippen LogP contribution in [0.5, 0.6) is 5.75 Å². The molecule has 3 rings (SSSR count). The standard InChI is InChI=1S/C17H20N2OS3/c1-13-4-6-15(7-5-13)20-10-16-18-14(11-22-16)12-23-17(21)19-8-2-3-9-19/h4-7,11H,2-3,8-10,12H2,1H3. The van der Waals surface area contributed by atoms with E-state index in [2.05, 4.69) is 34.3 Å². The summed E-state index contributed by atoms with van der Waals surface area (Å²) in [5.74, 6) is 1.73. The van der Waals surface area contributed by atoms with Crippen LogP contribution in [0.3, 0.4) is 0 Å². The van der Waals surface area contributed by atoms with Gasteiger partial charge in [-0.15, -0.1) is 11.3 Å². The number of thiocarbonyl (C=S) groups is 1. The molecule has 3 nitrogen and oxygen atoms in total. The fourth-order valence-corrected chi connectivity index (χ4v) is 4.34. The molecule has 1 saturated heterocycles. The summed E-state index contributed by atoms with van der Waals surface area (Å²) < 4.78 is 6.78. The van der Waals surface area contributed by atoms with Gasteiger partial charge >= 0.3 is 0 Å². The summed E-state index contributed by atoms with van der Waals surface area (Å²) >= 11 is 8.85. The number of ether oxygens (including phenoxy) is 1. The zero-order valence-electron chi connectivity index (χ0n) is 13.2. The molecule has 2 aromatic rings. The molecule has 0 amide bonds. The average Bonchev–Trinajstić information content (AvgIpc) is 3.24. The SMILES string of the molecule is Cc1ccc(OCc2nc(CSC(=S)N3CCCC3)cs2)cc1. The van der Waals surface area contributed by atoms with Gasteiger partial charge in [0.05, 0.1) is 5.69 Å². The summed E-state index contributed by atoms with van der Waals surface area (Å²) in [6, 6.07) is 8.10. The minimum absolute atomic E-state index is 0.523. The molecule has 0 bridgehead atoms. The van der Waals surface area contributed by atoms with E-state index in [0.717, 1.165) is 39.6 Å². The summed E-state index contributed by atoms with van der Waals surface area (Å²) in [5, 5.41) is 3.11. The van der Waals surface area contributed by atoms with Crippen LogP contribution in [0.15, 0.2) is 29.6 Å². The van der Waals surface area contributed by atoms with Crippen LogP contribution in [0.1, 0.15) is 29.1 Å². The van der Waals surface area contributed by atoms with Gasteiger partial charge in [0.2, 0.25) is 0 Å². The Morgan fingerprint density at radius 2 is 2.04 bits per heavy atom. The number of nitrogens with zero attached hydrogens (tertiary/aromatic N) is 2. The van der Waals surface area contributed by atoms with E-state index >= 15 is 0 Å². The molecule has 0 radical (unpaired) electrons. The molecule has 122 valence electrons. The lowest BCUT2D eigenvalue weighted by Gasteiger charge is -2.16. The Bertz CT molecular complexity index is 648. The predicted octanol–water partition coefficient (Wildman–Crippen LogP) is 4.64. The molecule has 23 heavy (non-hydrogen) atoms. The topological polar surface area (TPSA) is 25.4 Å². The summed E-state index contributed by atoms with van der Waals surface area (Å²) in [7, 11) is 0. The summed E-state index contributed by atoms with van der Waals surface area (Å²) in [6.07, 6.45) is 2.52. The first-order valence-electron chi connectivity index (χ1n) is 7.75. The van der Waals surface area contributed by atoms with Crippen LogP contribution in [0, 0.1) is 6.92 Å². The van der Waals surface area contributed by atoms with E-state index in [1.54, 1.807) is 23.1 Å². The highest BCUT2D eigenvalue weighted by Gasteiger charge is 2.15. The van der Waals surface area contributed by atoms with E-state index in [-0.39, 0.29) is 0 Å². The van der Waals surface area contributed by atoms with Gasteiger partial charge < -0.3 is 9.64 Å². The van der Waals surface area contributed by atoms with Crippen molar-refractivity contribution in [2.24, 2.45) is 0 Å². The van der Waals surface area contributed by atoms with E-state index in [1.165, 1.54) is 18.4 Å². The maximum absolute atomic E-state index is 5.77. The zero-order valence-corrected chi connectivity index (χ0v) is 15.6. The van der Waals surface area contributed by atoms with Gasteiger partial charge in [0.1, 0.15) is 21.7 Å². The molecule has 1 aromatic carbocycles. The first-order chi connectivity index (χ1) is 11.2. The molecule has 0 spiro atoms. The highest BCUT2D eigenvalue weighted by Crippen LogP contribution is 2.22. The van der Waals surface area contributed by atoms with E-state index in [9.17, 15) is 0 Å². The van der Waals surface area contributed by atoms with Crippen molar-refractivity contribution in [1.82, 2.24) is 9.88 Å². The van der Waals surface area contributed by atoms with Gasteiger partial charge in [0.25, 0.3) is 0 Å². The summed E-state index contributed by atoms with van der Waals surface area (Å²) in [4.78, 5) is 6.94. The van der Waals surface area contributed by atoms with Crippen LogP contribution in [-0.4, -0.2) is 27.3 Å². The van der Waals surface area contributed by atoms with Gasteiger partial charge in [-0.1, -0.05) is 41.7 Å². The number of hydrogen-bond donors (Lipinski definition) is 0. The smallest absolute Gasteiger partial charge is 0.140 e. The summed E-state index contributed by atoms with van der Waals surface area (Å²) in [6.45, 7) is 4.81. The highest BCUT2D eigenvalue weighted by molar-refractivity contribution is 8.22. The van der Waals surface area contributed by atoms with Gasteiger partial charge in [0.15, 0.2) is 0 Å². The first kappa shape index (κ1) is 16.7. The predicted molar refractivity (Wildman–Crippen MR) is 102 cm³/mol. The lowest BCUT2D eigenvalue weighted by Crippen LogP contribution is -2.23. The number of aryl methyl sites for hydroxylation is 1. The largest absolute Gasteiger partial charge is 0.486 e. The third-order valence-corrected chi connectivity index (χ3v) is 6.12. The fourth-order valence-electron chi connectivity index (χ4n) is 2.39. The van der Waals surface area contributed by atoms with Crippen molar-refractivity contribution >= 4 is 39.6 Å². The molecule has 1 fully saturated rings. The lowest BCUT2D eigenvalue weighted by molar-refractivity contribution is 0.305. The average molecular weight is 365 g/mol.